The van der Waals surface area contributed by atoms with Crippen LogP contribution in [0.15, 0.2) is 11.1 Å². The van der Waals surface area contributed by atoms with Crippen molar-refractivity contribution in [3.63, 3.8) is 0 Å². The molecule has 0 saturated carbocycles. The average molecular weight is 275 g/mol. The molecule has 1 fully saturated rings. The molecule has 18 heavy (non-hydrogen) atoms. The second-order valence-electron chi connectivity index (χ2n) is 4.03. The van der Waals surface area contributed by atoms with Gasteiger partial charge in [-0.3, -0.25) is 14.4 Å². The van der Waals surface area contributed by atoms with Crippen LogP contribution in [0.4, 0.5) is 0 Å². The predicted octanol–water partition coefficient (Wildman–Crippen LogP) is 0.243. The second kappa shape index (κ2) is 4.61. The van der Waals surface area contributed by atoms with Crippen LogP contribution in [-0.2, 0) is 28.6 Å². The van der Waals surface area contributed by atoms with Crippen LogP contribution in [0.1, 0.15) is 0 Å². The molecule has 0 amide bonds. The molecular formula is C11H11ClO6. The van der Waals surface area contributed by atoms with Crippen molar-refractivity contribution >= 4 is 29.5 Å². The van der Waals surface area contributed by atoms with E-state index in [2.05, 4.69) is 9.47 Å². The molecule has 0 aromatic heterocycles. The molecule has 1 aliphatic carbocycles. The Labute approximate surface area is 108 Å². The Balaban J connectivity index is 2.44. The third kappa shape index (κ3) is 1.77. The van der Waals surface area contributed by atoms with Crippen LogP contribution < -0.4 is 0 Å². The quantitative estimate of drug-likeness (QED) is 0.530. The van der Waals surface area contributed by atoms with Gasteiger partial charge in [-0.15, -0.1) is 0 Å². The van der Waals surface area contributed by atoms with Crippen molar-refractivity contribution in [2.45, 2.75) is 6.10 Å². The summed E-state index contributed by atoms with van der Waals surface area (Å²) in [5.41, 5.74) is 0. The first kappa shape index (κ1) is 12.9. The number of esters is 3. The number of fused-ring (bicyclic) bond motifs is 2. The molecule has 2 bridgehead atoms. The first-order valence-electron chi connectivity index (χ1n) is 5.24. The molecule has 0 spiro atoms. The van der Waals surface area contributed by atoms with Crippen molar-refractivity contribution < 1.29 is 28.6 Å². The maximum atomic E-state index is 11.8. The smallest absolute Gasteiger partial charge is 0.315 e. The van der Waals surface area contributed by atoms with Crippen LogP contribution in [0, 0.1) is 17.8 Å². The summed E-state index contributed by atoms with van der Waals surface area (Å²) in [5.74, 6) is -4.83. The van der Waals surface area contributed by atoms with E-state index in [1.54, 1.807) is 0 Å². The Kier molecular flexibility index (Phi) is 3.30. The van der Waals surface area contributed by atoms with Crippen molar-refractivity contribution in [2.75, 3.05) is 14.2 Å². The van der Waals surface area contributed by atoms with Gasteiger partial charge in [0.05, 0.1) is 20.1 Å². The standard InChI is InChI=1S/C11H11ClO6/c1-16-9(13)7-5-3-4(12)6(11(15)18-5)8(7)10(14)17-2/h3,5-8H,1-2H3/t5-,6+,7-,8-/m0/s1. The maximum Gasteiger partial charge on any atom is 0.315 e. The Morgan fingerprint density at radius 1 is 1.22 bits per heavy atom. The zero-order chi connectivity index (χ0) is 13.4. The lowest BCUT2D eigenvalue weighted by Crippen LogP contribution is -2.54. The van der Waals surface area contributed by atoms with Crippen LogP contribution in [0.25, 0.3) is 0 Å². The number of methoxy groups -OCH3 is 2. The van der Waals surface area contributed by atoms with Gasteiger partial charge in [-0.05, 0) is 6.08 Å². The summed E-state index contributed by atoms with van der Waals surface area (Å²) in [6.07, 6.45) is 0.570. The first-order chi connectivity index (χ1) is 8.51. The van der Waals surface area contributed by atoms with Gasteiger partial charge in [0.1, 0.15) is 17.9 Å². The van der Waals surface area contributed by atoms with Crippen molar-refractivity contribution in [3.8, 4) is 0 Å². The fourth-order valence-electron chi connectivity index (χ4n) is 2.36. The molecule has 3 aliphatic rings. The molecule has 7 heteroatoms. The van der Waals surface area contributed by atoms with E-state index in [-0.39, 0.29) is 5.03 Å². The zero-order valence-electron chi connectivity index (χ0n) is 9.71. The fraction of sp³-hybridized carbons (Fsp3) is 0.545. The number of halogens is 1. The molecular weight excluding hydrogens is 264 g/mol. The number of ether oxygens (including phenoxy) is 3. The number of carbonyl (C=O) groups is 3. The molecule has 98 valence electrons. The van der Waals surface area contributed by atoms with Gasteiger partial charge >= 0.3 is 17.9 Å². The Hall–Kier alpha value is -1.56. The van der Waals surface area contributed by atoms with Crippen LogP contribution in [0.3, 0.4) is 0 Å². The summed E-state index contributed by atoms with van der Waals surface area (Å²) in [6, 6.07) is 0. The summed E-state index contributed by atoms with van der Waals surface area (Å²) in [5, 5.41) is 0.201. The molecule has 0 aromatic carbocycles. The molecule has 2 heterocycles. The summed E-state index contributed by atoms with van der Waals surface area (Å²) >= 11 is 5.92. The summed E-state index contributed by atoms with van der Waals surface area (Å²) in [6.45, 7) is 0. The monoisotopic (exact) mass is 274 g/mol. The van der Waals surface area contributed by atoms with Crippen LogP contribution in [-0.4, -0.2) is 38.2 Å². The fourth-order valence-corrected chi connectivity index (χ4v) is 2.71. The van der Waals surface area contributed by atoms with Gasteiger partial charge in [-0.25, -0.2) is 0 Å². The van der Waals surface area contributed by atoms with Crippen LogP contribution in [0.5, 0.6) is 0 Å². The van der Waals surface area contributed by atoms with E-state index in [1.807, 2.05) is 0 Å². The Morgan fingerprint density at radius 3 is 2.28 bits per heavy atom. The highest BCUT2D eigenvalue weighted by atomic mass is 35.5. The van der Waals surface area contributed by atoms with E-state index in [0.29, 0.717) is 0 Å². The molecule has 6 nitrogen and oxygen atoms in total. The van der Waals surface area contributed by atoms with Gasteiger partial charge in [0, 0.05) is 5.03 Å². The largest absolute Gasteiger partial charge is 0.469 e. The highest BCUT2D eigenvalue weighted by molar-refractivity contribution is 6.32. The molecule has 4 atom stereocenters. The topological polar surface area (TPSA) is 78.9 Å². The molecule has 0 unspecified atom stereocenters. The van der Waals surface area contributed by atoms with E-state index < -0.39 is 41.8 Å². The van der Waals surface area contributed by atoms with E-state index in [0.717, 1.165) is 0 Å². The average Bonchev–Trinajstić information content (AvgIpc) is 2.35. The Bertz CT molecular complexity index is 443. The van der Waals surface area contributed by atoms with Crippen molar-refractivity contribution in [1.82, 2.24) is 0 Å². The third-order valence-electron chi connectivity index (χ3n) is 3.17. The van der Waals surface area contributed by atoms with E-state index in [9.17, 15) is 14.4 Å². The van der Waals surface area contributed by atoms with E-state index in [1.165, 1.54) is 20.3 Å². The SMILES string of the molecule is COC(=O)[C@@H]1[C@@H](C(=O)OC)[C@@H]2C(=O)O[C@H]1C=C2Cl. The number of carbonyl (C=O) groups excluding carboxylic acids is 3. The third-order valence-corrected chi connectivity index (χ3v) is 3.53. The van der Waals surface area contributed by atoms with Gasteiger partial charge in [0.15, 0.2) is 0 Å². The van der Waals surface area contributed by atoms with Crippen LogP contribution in [0.2, 0.25) is 0 Å². The predicted molar refractivity (Wildman–Crippen MR) is 58.3 cm³/mol. The minimum atomic E-state index is -0.994. The molecule has 2 aliphatic heterocycles. The summed E-state index contributed by atoms with van der Waals surface area (Å²) in [4.78, 5) is 35.1. The van der Waals surface area contributed by atoms with Crippen molar-refractivity contribution in [1.29, 1.82) is 0 Å². The molecule has 3 rings (SSSR count). The first-order valence-corrected chi connectivity index (χ1v) is 5.62. The lowest BCUT2D eigenvalue weighted by molar-refractivity contribution is -0.185. The minimum Gasteiger partial charge on any atom is -0.469 e. The normalized spacial score (nSPS) is 33.5. The molecule has 0 N–H and O–H groups in total. The van der Waals surface area contributed by atoms with Crippen molar-refractivity contribution in [3.05, 3.63) is 11.1 Å². The molecule has 1 saturated heterocycles. The van der Waals surface area contributed by atoms with Gasteiger partial charge in [0.2, 0.25) is 0 Å². The minimum absolute atomic E-state index is 0.201. The lowest BCUT2D eigenvalue weighted by Gasteiger charge is -2.41. The number of hydrogen-bond donors (Lipinski definition) is 0. The van der Waals surface area contributed by atoms with Gasteiger partial charge in [-0.2, -0.15) is 0 Å². The summed E-state index contributed by atoms with van der Waals surface area (Å²) in [7, 11) is 2.38. The highest BCUT2D eigenvalue weighted by Gasteiger charge is 2.57. The molecule has 0 aromatic rings. The van der Waals surface area contributed by atoms with Gasteiger partial charge in [0.25, 0.3) is 0 Å². The lowest BCUT2D eigenvalue weighted by atomic mass is 9.71. The van der Waals surface area contributed by atoms with Crippen LogP contribution >= 0.6 is 11.6 Å². The number of rotatable bonds is 2. The van der Waals surface area contributed by atoms with Crippen molar-refractivity contribution in [2.24, 2.45) is 17.8 Å². The van der Waals surface area contributed by atoms with E-state index in [4.69, 9.17) is 16.3 Å². The maximum absolute atomic E-state index is 11.8. The summed E-state index contributed by atoms with van der Waals surface area (Å²) < 4.78 is 14.3. The Morgan fingerprint density at radius 2 is 1.78 bits per heavy atom. The van der Waals surface area contributed by atoms with Gasteiger partial charge in [-0.1, -0.05) is 11.6 Å². The number of hydrogen-bond acceptors (Lipinski definition) is 6. The van der Waals surface area contributed by atoms with Gasteiger partial charge < -0.3 is 14.2 Å². The molecule has 0 radical (unpaired) electrons. The second-order valence-corrected chi connectivity index (χ2v) is 4.47. The van der Waals surface area contributed by atoms with E-state index >= 15 is 0 Å². The zero-order valence-corrected chi connectivity index (χ0v) is 10.5. The highest BCUT2D eigenvalue weighted by Crippen LogP contribution is 2.44.